The highest BCUT2D eigenvalue weighted by Gasteiger charge is 2.25. The average Bonchev–Trinajstić information content (AvgIpc) is 2.76. The van der Waals surface area contributed by atoms with Crippen molar-refractivity contribution in [1.29, 1.82) is 0 Å². The molecule has 2 heterocycles. The van der Waals surface area contributed by atoms with Crippen LogP contribution >= 0.6 is 11.8 Å². The molecule has 0 fully saturated rings. The summed E-state index contributed by atoms with van der Waals surface area (Å²) in [7, 11) is 4.19. The molecule has 1 aromatic heterocycles. The Morgan fingerprint density at radius 1 is 1.13 bits per heavy atom. The van der Waals surface area contributed by atoms with Gasteiger partial charge in [0.05, 0.1) is 32.9 Å². The average molecular weight is 428 g/mol. The predicted molar refractivity (Wildman–Crippen MR) is 121 cm³/mol. The smallest absolute Gasteiger partial charge is 0.338 e. The Morgan fingerprint density at radius 3 is 2.77 bits per heavy atom. The number of hydrogen-bond acceptors (Lipinski definition) is 4. The van der Waals surface area contributed by atoms with E-state index in [9.17, 15) is 9.59 Å². The molecular weight excluding hydrogens is 396 g/mol. The summed E-state index contributed by atoms with van der Waals surface area (Å²) in [6.45, 7) is 2.36. The Bertz CT molecular complexity index is 986. The van der Waals surface area contributed by atoms with E-state index in [4.69, 9.17) is 0 Å². The van der Waals surface area contributed by atoms with Gasteiger partial charge in [-0.2, -0.15) is 4.98 Å². The second kappa shape index (κ2) is 9.35. The summed E-state index contributed by atoms with van der Waals surface area (Å²) < 4.78 is 1.87. The SMILES string of the molecule is C[NH+](C)CCn1c2c(c(SCC(=O)N3CCCc4ccccc43)nc1=O)CCCC2. The van der Waals surface area contributed by atoms with E-state index in [-0.39, 0.29) is 11.6 Å². The number of carbonyl (C=O) groups is 1. The Kier molecular flexibility index (Phi) is 6.58. The normalized spacial score (nSPS) is 15.8. The van der Waals surface area contributed by atoms with E-state index in [1.807, 2.05) is 27.7 Å². The first kappa shape index (κ1) is 21.1. The van der Waals surface area contributed by atoms with E-state index in [1.54, 1.807) is 0 Å². The van der Waals surface area contributed by atoms with Crippen LogP contribution in [0.1, 0.15) is 36.1 Å². The maximum absolute atomic E-state index is 13.0. The summed E-state index contributed by atoms with van der Waals surface area (Å²) >= 11 is 1.44. The molecule has 30 heavy (non-hydrogen) atoms. The molecule has 4 rings (SSSR count). The molecule has 1 aliphatic carbocycles. The molecule has 0 unspecified atom stereocenters. The van der Waals surface area contributed by atoms with Gasteiger partial charge in [0.15, 0.2) is 0 Å². The number of rotatable bonds is 6. The van der Waals surface area contributed by atoms with Crippen LogP contribution in [0.4, 0.5) is 5.69 Å². The van der Waals surface area contributed by atoms with Crippen LogP contribution in [0, 0.1) is 0 Å². The number of aryl methyl sites for hydroxylation is 1. The minimum absolute atomic E-state index is 0.0962. The summed E-state index contributed by atoms with van der Waals surface area (Å²) in [5, 5.41) is 0.766. The van der Waals surface area contributed by atoms with Gasteiger partial charge in [-0.1, -0.05) is 30.0 Å². The molecule has 1 aromatic carbocycles. The molecule has 7 heteroatoms. The monoisotopic (exact) mass is 427 g/mol. The number of anilines is 1. The fourth-order valence-electron chi connectivity index (χ4n) is 4.43. The molecular formula is C23H31N4O2S+. The van der Waals surface area contributed by atoms with Crippen molar-refractivity contribution < 1.29 is 9.69 Å². The third-order valence-electron chi connectivity index (χ3n) is 6.03. The lowest BCUT2D eigenvalue weighted by atomic mass is 9.97. The zero-order valence-corrected chi connectivity index (χ0v) is 18.8. The van der Waals surface area contributed by atoms with Crippen LogP contribution < -0.4 is 15.5 Å². The molecule has 1 aliphatic heterocycles. The lowest BCUT2D eigenvalue weighted by molar-refractivity contribution is -0.859. The Balaban J connectivity index is 1.53. The highest BCUT2D eigenvalue weighted by atomic mass is 32.2. The maximum Gasteiger partial charge on any atom is 0.349 e. The van der Waals surface area contributed by atoms with E-state index >= 15 is 0 Å². The first-order chi connectivity index (χ1) is 14.5. The Morgan fingerprint density at radius 2 is 1.93 bits per heavy atom. The van der Waals surface area contributed by atoms with Crippen molar-refractivity contribution in [2.24, 2.45) is 0 Å². The van der Waals surface area contributed by atoms with Crippen molar-refractivity contribution in [2.45, 2.75) is 50.1 Å². The molecule has 0 atom stereocenters. The minimum atomic E-state index is -0.171. The molecule has 0 spiro atoms. The van der Waals surface area contributed by atoms with Gasteiger partial charge in [0.1, 0.15) is 5.03 Å². The number of aromatic nitrogens is 2. The molecule has 6 nitrogen and oxygen atoms in total. The standard InChI is InChI=1S/C23H30N4O2S/c1-25(2)14-15-27-20-12-6-4-10-18(20)22(24-23(27)29)30-16-21(28)26-13-7-9-17-8-3-5-11-19(17)26/h3,5,8,11H,4,6-7,9-10,12-16H2,1-2H3/p+1. The zero-order chi connectivity index (χ0) is 21.1. The number of quaternary nitrogens is 1. The number of nitrogens with zero attached hydrogens (tertiary/aromatic N) is 3. The highest BCUT2D eigenvalue weighted by molar-refractivity contribution is 8.00. The Labute approximate surface area is 182 Å². The van der Waals surface area contributed by atoms with Gasteiger partial charge < -0.3 is 9.80 Å². The number of thioether (sulfide) groups is 1. The van der Waals surface area contributed by atoms with Crippen molar-refractivity contribution in [1.82, 2.24) is 9.55 Å². The second-order valence-electron chi connectivity index (χ2n) is 8.51. The van der Waals surface area contributed by atoms with Crippen molar-refractivity contribution in [3.8, 4) is 0 Å². The quantitative estimate of drug-likeness (QED) is 0.558. The largest absolute Gasteiger partial charge is 0.349 e. The van der Waals surface area contributed by atoms with Crippen LogP contribution in [0.3, 0.4) is 0 Å². The van der Waals surface area contributed by atoms with Crippen molar-refractivity contribution >= 4 is 23.4 Å². The highest BCUT2D eigenvalue weighted by Crippen LogP contribution is 2.31. The van der Waals surface area contributed by atoms with Gasteiger partial charge >= 0.3 is 5.69 Å². The van der Waals surface area contributed by atoms with E-state index < -0.39 is 0 Å². The number of para-hydroxylation sites is 1. The topological polar surface area (TPSA) is 59.6 Å². The van der Waals surface area contributed by atoms with Crippen LogP contribution in [0.5, 0.6) is 0 Å². The molecule has 0 bridgehead atoms. The van der Waals surface area contributed by atoms with Crippen LogP contribution in [0.25, 0.3) is 0 Å². The fourth-order valence-corrected chi connectivity index (χ4v) is 5.39. The van der Waals surface area contributed by atoms with Crippen molar-refractivity contribution in [3.63, 3.8) is 0 Å². The first-order valence-corrected chi connectivity index (χ1v) is 12.0. The van der Waals surface area contributed by atoms with Gasteiger partial charge in [-0.3, -0.25) is 9.36 Å². The summed E-state index contributed by atoms with van der Waals surface area (Å²) in [5.74, 6) is 0.415. The van der Waals surface area contributed by atoms with Crippen molar-refractivity contribution in [3.05, 3.63) is 51.6 Å². The van der Waals surface area contributed by atoms with Gasteiger partial charge in [-0.25, -0.2) is 4.79 Å². The van der Waals surface area contributed by atoms with Gasteiger partial charge in [0.25, 0.3) is 0 Å². The molecule has 2 aromatic rings. The molecule has 1 amide bonds. The molecule has 0 saturated carbocycles. The number of nitrogens with one attached hydrogen (secondary N) is 1. The molecule has 160 valence electrons. The third-order valence-corrected chi connectivity index (χ3v) is 7.03. The minimum Gasteiger partial charge on any atom is -0.338 e. The number of amides is 1. The molecule has 2 aliphatic rings. The lowest BCUT2D eigenvalue weighted by Gasteiger charge is -2.29. The van der Waals surface area contributed by atoms with Gasteiger partial charge in [0, 0.05) is 23.5 Å². The summed E-state index contributed by atoms with van der Waals surface area (Å²) in [6.07, 6.45) is 6.11. The van der Waals surface area contributed by atoms with Crippen LogP contribution in [-0.4, -0.2) is 48.4 Å². The zero-order valence-electron chi connectivity index (χ0n) is 17.9. The number of likely N-dealkylation sites (N-methyl/N-ethyl adjacent to an activating group) is 1. The number of benzene rings is 1. The Hall–Kier alpha value is -2.12. The van der Waals surface area contributed by atoms with Crippen LogP contribution in [0.2, 0.25) is 0 Å². The molecule has 0 saturated heterocycles. The van der Waals surface area contributed by atoms with Crippen molar-refractivity contribution in [2.75, 3.05) is 37.8 Å². The summed E-state index contributed by atoms with van der Waals surface area (Å²) in [5.41, 5.74) is 4.43. The second-order valence-corrected chi connectivity index (χ2v) is 9.47. The summed E-state index contributed by atoms with van der Waals surface area (Å²) in [4.78, 5) is 33.4. The van der Waals surface area contributed by atoms with E-state index in [1.165, 1.54) is 27.8 Å². The van der Waals surface area contributed by atoms with E-state index in [0.29, 0.717) is 12.3 Å². The number of hydrogen-bond donors (Lipinski definition) is 1. The molecule has 0 radical (unpaired) electrons. The van der Waals surface area contributed by atoms with Crippen LogP contribution in [0.15, 0.2) is 34.1 Å². The fraction of sp³-hybridized carbons (Fsp3) is 0.522. The van der Waals surface area contributed by atoms with Crippen LogP contribution in [-0.2, 0) is 30.6 Å². The van der Waals surface area contributed by atoms with E-state index in [2.05, 4.69) is 25.1 Å². The van der Waals surface area contributed by atoms with E-state index in [0.717, 1.165) is 68.0 Å². The number of carbonyl (C=O) groups excluding carboxylic acids is 1. The van der Waals surface area contributed by atoms with Gasteiger partial charge in [0.2, 0.25) is 5.91 Å². The van der Waals surface area contributed by atoms with Gasteiger partial charge in [-0.15, -0.1) is 0 Å². The maximum atomic E-state index is 13.0. The predicted octanol–water partition coefficient (Wildman–Crippen LogP) is 1.34. The first-order valence-electron chi connectivity index (χ1n) is 11.0. The summed E-state index contributed by atoms with van der Waals surface area (Å²) in [6, 6.07) is 8.16. The number of fused-ring (bicyclic) bond motifs is 2. The third kappa shape index (κ3) is 4.47. The lowest BCUT2D eigenvalue weighted by Crippen LogP contribution is -3.06. The molecule has 1 N–H and O–H groups in total. The van der Waals surface area contributed by atoms with Gasteiger partial charge in [-0.05, 0) is 50.2 Å².